The Balaban J connectivity index is 1.89. The summed E-state index contributed by atoms with van der Waals surface area (Å²) in [5.74, 6) is -0.502. The maximum atomic E-state index is 14.9. The average Bonchev–Trinajstić information content (AvgIpc) is 3.15. The standard InChI is InChI=1S/C27H34ClFN2O4/c1-34-23-14-13-19(17-24(23)35-2)15-16-31(25(32)18-28)26(21-11-7-8-12-22(21)29)27(33)30-20-9-5-3-4-6-10-20/h7-8,11-14,17,20,26H,3-6,9-10,15-16,18H2,1-2H3,(H,30,33). The van der Waals surface area contributed by atoms with Gasteiger partial charge in [0.1, 0.15) is 17.7 Å². The molecule has 1 saturated carbocycles. The Morgan fingerprint density at radius 2 is 1.74 bits per heavy atom. The van der Waals surface area contributed by atoms with Crippen molar-refractivity contribution in [1.29, 1.82) is 0 Å². The van der Waals surface area contributed by atoms with Gasteiger partial charge >= 0.3 is 0 Å². The van der Waals surface area contributed by atoms with Gasteiger partial charge in [-0.25, -0.2) is 4.39 Å². The zero-order valence-electron chi connectivity index (χ0n) is 20.4. The Hall–Kier alpha value is -2.80. The number of rotatable bonds is 10. The molecular weight excluding hydrogens is 471 g/mol. The van der Waals surface area contributed by atoms with E-state index in [0.717, 1.165) is 44.1 Å². The number of halogens is 2. The second kappa shape index (κ2) is 13.3. The molecule has 6 nitrogen and oxygen atoms in total. The zero-order valence-corrected chi connectivity index (χ0v) is 21.2. The van der Waals surface area contributed by atoms with E-state index in [-0.39, 0.29) is 29.9 Å². The van der Waals surface area contributed by atoms with Gasteiger partial charge in [-0.1, -0.05) is 49.9 Å². The number of nitrogens with zero attached hydrogens (tertiary/aromatic N) is 1. The van der Waals surface area contributed by atoms with Crippen molar-refractivity contribution in [2.45, 2.75) is 57.0 Å². The zero-order chi connectivity index (χ0) is 25.2. The van der Waals surface area contributed by atoms with Crippen molar-refractivity contribution in [2.24, 2.45) is 0 Å². The molecular formula is C27H34ClFN2O4. The van der Waals surface area contributed by atoms with Crippen LogP contribution in [0.15, 0.2) is 42.5 Å². The molecule has 0 heterocycles. The van der Waals surface area contributed by atoms with E-state index in [4.69, 9.17) is 21.1 Å². The quantitative estimate of drug-likeness (QED) is 0.364. The normalized spacial score (nSPS) is 15.1. The summed E-state index contributed by atoms with van der Waals surface area (Å²) in [7, 11) is 3.11. The number of hydrogen-bond acceptors (Lipinski definition) is 4. The summed E-state index contributed by atoms with van der Waals surface area (Å²) in [6.07, 6.45) is 6.55. The predicted molar refractivity (Wildman–Crippen MR) is 134 cm³/mol. The highest BCUT2D eigenvalue weighted by Crippen LogP contribution is 2.29. The van der Waals surface area contributed by atoms with Crippen LogP contribution in [0.1, 0.15) is 55.7 Å². The van der Waals surface area contributed by atoms with Crippen molar-refractivity contribution in [3.8, 4) is 11.5 Å². The topological polar surface area (TPSA) is 67.9 Å². The van der Waals surface area contributed by atoms with Crippen LogP contribution in [0.5, 0.6) is 11.5 Å². The third-order valence-electron chi connectivity index (χ3n) is 6.49. The van der Waals surface area contributed by atoms with Gasteiger partial charge in [-0.3, -0.25) is 9.59 Å². The molecule has 0 saturated heterocycles. The first kappa shape index (κ1) is 26.8. The molecule has 2 aromatic rings. The molecule has 1 N–H and O–H groups in total. The molecule has 35 heavy (non-hydrogen) atoms. The van der Waals surface area contributed by atoms with Gasteiger partial charge in [0.2, 0.25) is 11.8 Å². The van der Waals surface area contributed by atoms with Crippen molar-refractivity contribution in [2.75, 3.05) is 26.6 Å². The maximum Gasteiger partial charge on any atom is 0.247 e. The van der Waals surface area contributed by atoms with E-state index in [2.05, 4.69) is 5.32 Å². The minimum absolute atomic E-state index is 0.0121. The second-order valence-electron chi connectivity index (χ2n) is 8.78. The van der Waals surface area contributed by atoms with E-state index in [0.29, 0.717) is 17.9 Å². The highest BCUT2D eigenvalue weighted by molar-refractivity contribution is 6.27. The molecule has 8 heteroatoms. The number of alkyl halides is 1. The van der Waals surface area contributed by atoms with Crippen molar-refractivity contribution < 1.29 is 23.5 Å². The fraction of sp³-hybridized carbons (Fsp3) is 0.481. The average molecular weight is 505 g/mol. The first-order valence-electron chi connectivity index (χ1n) is 12.1. The minimum atomic E-state index is -1.12. The van der Waals surface area contributed by atoms with Crippen LogP contribution in [0.25, 0.3) is 0 Å². The first-order valence-corrected chi connectivity index (χ1v) is 12.6. The molecule has 0 spiro atoms. The van der Waals surface area contributed by atoms with E-state index >= 15 is 0 Å². The van der Waals surface area contributed by atoms with Gasteiger partial charge in [0, 0.05) is 18.2 Å². The molecule has 1 unspecified atom stereocenters. The fourth-order valence-electron chi connectivity index (χ4n) is 4.61. The third kappa shape index (κ3) is 7.10. The number of nitrogens with one attached hydrogen (secondary N) is 1. The van der Waals surface area contributed by atoms with E-state index in [1.807, 2.05) is 12.1 Å². The molecule has 0 aliphatic heterocycles. The lowest BCUT2D eigenvalue weighted by molar-refractivity contribution is -0.139. The largest absolute Gasteiger partial charge is 0.493 e. The summed E-state index contributed by atoms with van der Waals surface area (Å²) in [6, 6.07) is 10.5. The number of ether oxygens (including phenoxy) is 2. The summed E-state index contributed by atoms with van der Waals surface area (Å²) in [5.41, 5.74) is 1.04. The third-order valence-corrected chi connectivity index (χ3v) is 6.71. The molecule has 0 aromatic heterocycles. The summed E-state index contributed by atoms with van der Waals surface area (Å²) >= 11 is 5.95. The van der Waals surface area contributed by atoms with E-state index in [1.54, 1.807) is 38.5 Å². The summed E-state index contributed by atoms with van der Waals surface area (Å²) in [5, 5.41) is 3.10. The Labute approximate surface area is 211 Å². The molecule has 3 rings (SSSR count). The Kier molecular flexibility index (Phi) is 10.2. The number of amides is 2. The van der Waals surface area contributed by atoms with Crippen molar-refractivity contribution in [3.05, 3.63) is 59.4 Å². The summed E-state index contributed by atoms with van der Waals surface area (Å²) < 4.78 is 25.6. The molecule has 1 fully saturated rings. The molecule has 2 aromatic carbocycles. The van der Waals surface area contributed by atoms with Gasteiger partial charge < -0.3 is 19.7 Å². The Bertz CT molecular complexity index is 995. The fourth-order valence-corrected chi connectivity index (χ4v) is 4.77. The number of carbonyl (C=O) groups excluding carboxylic acids is 2. The van der Waals surface area contributed by atoms with Gasteiger partial charge in [0.25, 0.3) is 0 Å². The van der Waals surface area contributed by atoms with E-state index in [9.17, 15) is 14.0 Å². The van der Waals surface area contributed by atoms with Crippen molar-refractivity contribution in [3.63, 3.8) is 0 Å². The van der Waals surface area contributed by atoms with Crippen molar-refractivity contribution >= 4 is 23.4 Å². The molecule has 1 aliphatic rings. The van der Waals surface area contributed by atoms with Gasteiger partial charge in [-0.05, 0) is 43.0 Å². The van der Waals surface area contributed by atoms with E-state index < -0.39 is 17.8 Å². The van der Waals surface area contributed by atoms with Gasteiger partial charge in [-0.15, -0.1) is 11.6 Å². The van der Waals surface area contributed by atoms with Crippen molar-refractivity contribution in [1.82, 2.24) is 10.2 Å². The molecule has 0 radical (unpaired) electrons. The van der Waals surface area contributed by atoms with Crippen LogP contribution in [0.4, 0.5) is 4.39 Å². The van der Waals surface area contributed by atoms with Gasteiger partial charge in [0.05, 0.1) is 14.2 Å². The highest BCUT2D eigenvalue weighted by Gasteiger charge is 2.34. The van der Waals surface area contributed by atoms with Crippen LogP contribution in [-0.2, 0) is 16.0 Å². The lowest BCUT2D eigenvalue weighted by Gasteiger charge is -2.32. The minimum Gasteiger partial charge on any atom is -0.493 e. The number of carbonyl (C=O) groups is 2. The number of benzene rings is 2. The maximum absolute atomic E-state index is 14.9. The van der Waals surface area contributed by atoms with Gasteiger partial charge in [-0.2, -0.15) is 0 Å². The monoisotopic (exact) mass is 504 g/mol. The lowest BCUT2D eigenvalue weighted by Crippen LogP contribution is -2.48. The smallest absolute Gasteiger partial charge is 0.247 e. The lowest BCUT2D eigenvalue weighted by atomic mass is 10.0. The van der Waals surface area contributed by atoms with Gasteiger partial charge in [0.15, 0.2) is 11.5 Å². The second-order valence-corrected chi connectivity index (χ2v) is 9.05. The molecule has 0 bridgehead atoms. The predicted octanol–water partition coefficient (Wildman–Crippen LogP) is 5.03. The van der Waals surface area contributed by atoms with Crippen LogP contribution in [-0.4, -0.2) is 49.4 Å². The van der Waals surface area contributed by atoms with Crippen LogP contribution < -0.4 is 14.8 Å². The first-order chi connectivity index (χ1) is 17.0. The van der Waals surface area contributed by atoms with Crippen LogP contribution in [0.3, 0.4) is 0 Å². The summed E-state index contributed by atoms with van der Waals surface area (Å²) in [4.78, 5) is 27.9. The highest BCUT2D eigenvalue weighted by atomic mass is 35.5. The summed E-state index contributed by atoms with van der Waals surface area (Å²) in [6.45, 7) is 0.179. The van der Waals surface area contributed by atoms with Crippen LogP contribution in [0.2, 0.25) is 0 Å². The molecule has 190 valence electrons. The van der Waals surface area contributed by atoms with E-state index in [1.165, 1.54) is 11.0 Å². The SMILES string of the molecule is COc1ccc(CCN(C(=O)CCl)C(C(=O)NC2CCCCCC2)c2ccccc2F)cc1OC. The number of hydrogen-bond donors (Lipinski definition) is 1. The molecule has 1 aliphatic carbocycles. The Morgan fingerprint density at radius 3 is 2.37 bits per heavy atom. The molecule has 1 atom stereocenters. The van der Waals surface area contributed by atoms with Crippen LogP contribution in [0, 0.1) is 5.82 Å². The Morgan fingerprint density at radius 1 is 1.06 bits per heavy atom. The number of methoxy groups -OCH3 is 2. The molecule has 2 amide bonds. The van der Waals surface area contributed by atoms with Crippen LogP contribution >= 0.6 is 11.6 Å².